The maximum atomic E-state index is 7.50. The summed E-state index contributed by atoms with van der Waals surface area (Å²) in [7, 11) is -1.81. The van der Waals surface area contributed by atoms with Gasteiger partial charge in [-0.15, -0.1) is 17.7 Å². The van der Waals surface area contributed by atoms with Gasteiger partial charge in [-0.1, -0.05) is 120 Å². The van der Waals surface area contributed by atoms with Crippen LogP contribution in [0.1, 0.15) is 22.6 Å². The number of aryl methyl sites for hydroxylation is 1. The molecule has 2 nitrogen and oxygen atoms in total. The Morgan fingerprint density at radius 3 is 1.50 bits per heavy atom. The molecule has 198 valence electrons. The third-order valence-corrected chi connectivity index (χ3v) is 11.0. The van der Waals surface area contributed by atoms with E-state index in [9.17, 15) is 0 Å². The first-order chi connectivity index (χ1) is 19.3. The van der Waals surface area contributed by atoms with Crippen molar-refractivity contribution in [1.82, 2.24) is 0 Å². The van der Waals surface area contributed by atoms with Crippen molar-refractivity contribution in [3.8, 4) is 0 Å². The van der Waals surface area contributed by atoms with Gasteiger partial charge in [0.25, 0.3) is 0 Å². The van der Waals surface area contributed by atoms with Gasteiger partial charge in [-0.25, -0.2) is 6.08 Å². The molecule has 0 fully saturated rings. The molecule has 1 atom stereocenters. The second-order valence-corrected chi connectivity index (χ2v) is 12.4. The molecular weight excluding hydrogens is 682 g/mol. The summed E-state index contributed by atoms with van der Waals surface area (Å²) in [4.78, 5) is 0. The van der Waals surface area contributed by atoms with Crippen LogP contribution in [0.15, 0.2) is 140 Å². The molecule has 0 saturated heterocycles. The van der Waals surface area contributed by atoms with E-state index < -0.39 is 7.26 Å². The largest absolute Gasteiger partial charge is 0.0767 e. The first-order valence-electron chi connectivity index (χ1n) is 12.6. The maximum Gasteiger partial charge on any atom is 0.00506 e. The van der Waals surface area contributed by atoms with Crippen LogP contribution < -0.4 is 10.6 Å². The van der Waals surface area contributed by atoms with Gasteiger partial charge in [0.05, 0.1) is 13.4 Å². The summed E-state index contributed by atoms with van der Waals surface area (Å²) < 4.78 is 15.0. The first kappa shape index (κ1) is 32.9. The van der Waals surface area contributed by atoms with Crippen molar-refractivity contribution in [2.75, 3.05) is 6.16 Å². The quantitative estimate of drug-likeness (QED) is 0.118. The first-order valence-corrected chi connectivity index (χ1v) is 14.6. The van der Waals surface area contributed by atoms with E-state index in [0.717, 1.165) is 6.16 Å². The molecule has 1 aliphatic carbocycles. The van der Waals surface area contributed by atoms with Gasteiger partial charge in [-0.2, -0.15) is 0 Å². The summed E-state index contributed by atoms with van der Waals surface area (Å²) in [6.07, 6.45) is 15.1. The minimum atomic E-state index is -1.81. The van der Waals surface area contributed by atoms with Crippen LogP contribution in [0, 0.1) is 32.7 Å². The molecule has 1 heterocycles. The molecule has 4 heteroatoms. The molecule has 4 aromatic carbocycles. The van der Waals surface area contributed by atoms with Crippen molar-refractivity contribution in [3.05, 3.63) is 182 Å². The van der Waals surface area contributed by atoms with E-state index in [1.807, 2.05) is 30.7 Å². The minimum absolute atomic E-state index is 0. The Morgan fingerprint density at radius 2 is 1.07 bits per heavy atom. The Hall–Kier alpha value is -3.33. The van der Waals surface area contributed by atoms with Gasteiger partial charge < -0.3 is 0 Å². The van der Waals surface area contributed by atoms with Crippen LogP contribution in [0.5, 0.6) is 0 Å². The SMILES string of the molecule is Cc1ccc(C2[C-]=C(c3ccccc3)[P+](c3ccccc3)(c3ccccc3)C2)cc1.[C-]#[O+].[C-]#[O+].[CH]1C=CC=C1.[Re]. The Balaban J connectivity index is 0.000000491. The van der Waals surface area contributed by atoms with Crippen molar-refractivity contribution in [2.45, 2.75) is 12.8 Å². The zero-order valence-corrected chi connectivity index (χ0v) is 25.9. The Labute approximate surface area is 253 Å². The van der Waals surface area contributed by atoms with E-state index in [2.05, 4.69) is 142 Å². The van der Waals surface area contributed by atoms with E-state index in [-0.39, 0.29) is 20.4 Å². The fourth-order valence-electron chi connectivity index (χ4n) is 4.88. The number of hydrogen-bond donors (Lipinski definition) is 0. The fourth-order valence-corrected chi connectivity index (χ4v) is 9.47. The van der Waals surface area contributed by atoms with E-state index >= 15 is 0 Å². The summed E-state index contributed by atoms with van der Waals surface area (Å²) in [6, 6.07) is 42.2. The van der Waals surface area contributed by atoms with Crippen LogP contribution in [0.3, 0.4) is 0 Å². The molecular formula is C36H30O2PRe. The van der Waals surface area contributed by atoms with E-state index in [1.165, 1.54) is 32.6 Å². The predicted octanol–water partition coefficient (Wildman–Crippen LogP) is 7.84. The summed E-state index contributed by atoms with van der Waals surface area (Å²) in [6.45, 7) is 11.2. The van der Waals surface area contributed by atoms with Gasteiger partial charge in [0.1, 0.15) is 10.6 Å². The normalized spacial score (nSPS) is 15.4. The van der Waals surface area contributed by atoms with Gasteiger partial charge in [-0.05, 0) is 37.1 Å². The Morgan fingerprint density at radius 1 is 0.625 bits per heavy atom. The number of hydrogen-bond acceptors (Lipinski definition) is 0. The minimum Gasteiger partial charge on any atom is -0.0767 e. The van der Waals surface area contributed by atoms with Gasteiger partial charge in [0.15, 0.2) is 0 Å². The Bertz CT molecular complexity index is 1370. The molecule has 2 aliphatic rings. The summed E-state index contributed by atoms with van der Waals surface area (Å²) in [5.41, 5.74) is 3.96. The molecule has 0 N–H and O–H groups in total. The van der Waals surface area contributed by atoms with Gasteiger partial charge in [0.2, 0.25) is 0 Å². The molecule has 0 saturated carbocycles. The van der Waals surface area contributed by atoms with Crippen molar-refractivity contribution < 1.29 is 29.7 Å². The standard InChI is InChI=1S/C29H25P.C5H5.2CO.Re/c1-23-17-19-24(20-18-23)26-21-29(25-11-5-2-6-12-25)30(22-26,27-13-7-3-8-14-27)28-15-9-4-10-16-28;1-2-4-5-3-1;2*1-2;/h2-20,26H,22H2,1H3;1-5H;;;. The smallest absolute Gasteiger partial charge is 0.00506 e. The second kappa shape index (κ2) is 17.4. The average molecular weight is 712 g/mol. The molecule has 1 aliphatic heterocycles. The van der Waals surface area contributed by atoms with Crippen molar-refractivity contribution in [2.24, 2.45) is 0 Å². The van der Waals surface area contributed by atoms with Crippen LogP contribution in [0.25, 0.3) is 5.31 Å². The third kappa shape index (κ3) is 7.87. The van der Waals surface area contributed by atoms with Crippen LogP contribution in [0.4, 0.5) is 0 Å². The Kier molecular flexibility index (Phi) is 14.3. The summed E-state index contributed by atoms with van der Waals surface area (Å²) in [5.74, 6) is 0.301. The van der Waals surface area contributed by atoms with Gasteiger partial charge in [-0.3, -0.25) is 0 Å². The number of benzene rings is 4. The molecule has 0 amide bonds. The van der Waals surface area contributed by atoms with Crippen molar-refractivity contribution in [3.63, 3.8) is 0 Å². The zero-order chi connectivity index (χ0) is 27.9. The molecule has 1 unspecified atom stereocenters. The molecule has 40 heavy (non-hydrogen) atoms. The molecule has 2 radical (unpaired) electrons. The van der Waals surface area contributed by atoms with E-state index in [1.54, 1.807) is 0 Å². The zero-order valence-electron chi connectivity index (χ0n) is 22.3. The van der Waals surface area contributed by atoms with Crippen LogP contribution in [-0.4, -0.2) is 6.16 Å². The predicted molar refractivity (Wildman–Crippen MR) is 161 cm³/mol. The average Bonchev–Trinajstić information content (AvgIpc) is 3.74. The van der Waals surface area contributed by atoms with Gasteiger partial charge >= 0.3 is 22.6 Å². The molecule has 0 spiro atoms. The van der Waals surface area contributed by atoms with Gasteiger partial charge in [0, 0.05) is 26.8 Å². The van der Waals surface area contributed by atoms with E-state index in [0.29, 0.717) is 5.92 Å². The molecule has 0 aromatic heterocycles. The summed E-state index contributed by atoms with van der Waals surface area (Å²) >= 11 is 0. The second-order valence-electron chi connectivity index (χ2n) is 8.95. The molecule has 6 rings (SSSR count). The monoisotopic (exact) mass is 712 g/mol. The van der Waals surface area contributed by atoms with Crippen LogP contribution in [0.2, 0.25) is 0 Å². The summed E-state index contributed by atoms with van der Waals surface area (Å²) in [5, 5.41) is 4.28. The van der Waals surface area contributed by atoms with Crippen LogP contribution in [-0.2, 0) is 29.7 Å². The fraction of sp³-hybridized carbons (Fsp3) is 0.0833. The third-order valence-electron chi connectivity index (χ3n) is 6.63. The maximum absolute atomic E-state index is 7.50. The topological polar surface area (TPSA) is 39.8 Å². The van der Waals surface area contributed by atoms with Crippen LogP contribution >= 0.6 is 7.26 Å². The number of rotatable bonds is 4. The number of allylic oxidation sites excluding steroid dienone is 5. The molecule has 0 bridgehead atoms. The molecule has 4 aromatic rings. The van der Waals surface area contributed by atoms with E-state index in [4.69, 9.17) is 9.30 Å². The van der Waals surface area contributed by atoms with Crippen molar-refractivity contribution >= 4 is 23.2 Å². The van der Waals surface area contributed by atoms with Crippen molar-refractivity contribution in [1.29, 1.82) is 0 Å².